The molecule has 21 heavy (non-hydrogen) atoms. The lowest BCUT2D eigenvalue weighted by Gasteiger charge is -2.25. The van der Waals surface area contributed by atoms with Crippen molar-refractivity contribution in [3.05, 3.63) is 0 Å². The highest BCUT2D eigenvalue weighted by molar-refractivity contribution is 4.73. The molecule has 1 saturated heterocycles. The maximum absolute atomic E-state index is 5.75. The fourth-order valence-corrected chi connectivity index (χ4v) is 2.83. The third-order valence-corrected chi connectivity index (χ3v) is 4.22. The lowest BCUT2D eigenvalue weighted by molar-refractivity contribution is 0.126. The maximum Gasteiger partial charge on any atom is 0.0593 e. The van der Waals surface area contributed by atoms with Crippen molar-refractivity contribution in [1.82, 2.24) is 4.90 Å². The zero-order chi connectivity index (χ0) is 15.3. The Balaban J connectivity index is 0.000000211. The van der Waals surface area contributed by atoms with Gasteiger partial charge in [0.1, 0.15) is 0 Å². The van der Waals surface area contributed by atoms with Crippen molar-refractivity contribution in [3.63, 3.8) is 0 Å². The summed E-state index contributed by atoms with van der Waals surface area (Å²) in [7, 11) is 3.52. The van der Waals surface area contributed by atoms with E-state index in [-0.39, 0.29) is 0 Å². The second kappa shape index (κ2) is 12.4. The summed E-state index contributed by atoms with van der Waals surface area (Å²) in [6.07, 6.45) is 6.05. The minimum absolute atomic E-state index is 0.466. The molecule has 5 heteroatoms. The van der Waals surface area contributed by atoms with E-state index in [0.717, 1.165) is 58.4 Å². The van der Waals surface area contributed by atoms with Crippen molar-refractivity contribution in [3.8, 4) is 0 Å². The van der Waals surface area contributed by atoms with Gasteiger partial charge >= 0.3 is 0 Å². The van der Waals surface area contributed by atoms with Crippen LogP contribution in [0, 0.1) is 5.92 Å². The average molecular weight is 302 g/mol. The normalized spacial score (nSPS) is 27.6. The standard InChI is InChI=1S/C8H17NO2.C8H17NO/c1-10-7-4-9-3-2-6-11-8-5-9;1-10-6-7-2-4-8(9)5-3-7/h2-8H2,1H3;7-8H,2-6,9H2,1H3. The van der Waals surface area contributed by atoms with Gasteiger partial charge in [-0.05, 0) is 38.0 Å². The molecule has 1 heterocycles. The van der Waals surface area contributed by atoms with E-state index in [4.69, 9.17) is 19.9 Å². The molecule has 5 nitrogen and oxygen atoms in total. The molecule has 0 radical (unpaired) electrons. The lowest BCUT2D eigenvalue weighted by atomic mass is 9.87. The van der Waals surface area contributed by atoms with Crippen LogP contribution in [0.1, 0.15) is 32.1 Å². The van der Waals surface area contributed by atoms with Crippen molar-refractivity contribution in [1.29, 1.82) is 0 Å². The summed E-state index contributed by atoms with van der Waals surface area (Å²) in [5, 5.41) is 0. The zero-order valence-corrected chi connectivity index (χ0v) is 13.9. The molecule has 0 aromatic rings. The minimum Gasteiger partial charge on any atom is -0.384 e. The van der Waals surface area contributed by atoms with Crippen LogP contribution in [-0.2, 0) is 14.2 Å². The molecule has 0 amide bonds. The van der Waals surface area contributed by atoms with Crippen LogP contribution in [0.15, 0.2) is 0 Å². The largest absolute Gasteiger partial charge is 0.384 e. The van der Waals surface area contributed by atoms with E-state index in [9.17, 15) is 0 Å². The highest BCUT2D eigenvalue weighted by atomic mass is 16.5. The first-order chi connectivity index (χ1) is 10.3. The van der Waals surface area contributed by atoms with Gasteiger partial charge in [0, 0.05) is 53.1 Å². The number of methoxy groups -OCH3 is 2. The summed E-state index contributed by atoms with van der Waals surface area (Å²) in [5.74, 6) is 0.782. The highest BCUT2D eigenvalue weighted by Gasteiger charge is 2.17. The molecule has 126 valence electrons. The SMILES string of the molecule is COCC1CCC(N)CC1.COCCN1CCCOCC1. The molecule has 1 saturated carbocycles. The Morgan fingerprint density at radius 3 is 2.48 bits per heavy atom. The Morgan fingerprint density at radius 1 is 1.05 bits per heavy atom. The first-order valence-electron chi connectivity index (χ1n) is 8.29. The monoisotopic (exact) mass is 302 g/mol. The molecule has 1 aliphatic carbocycles. The molecule has 0 aromatic heterocycles. The Hall–Kier alpha value is -0.200. The van der Waals surface area contributed by atoms with Crippen molar-refractivity contribution >= 4 is 0 Å². The third-order valence-electron chi connectivity index (χ3n) is 4.22. The first-order valence-corrected chi connectivity index (χ1v) is 8.29. The molecule has 0 unspecified atom stereocenters. The Bertz CT molecular complexity index is 226. The van der Waals surface area contributed by atoms with E-state index in [1.54, 1.807) is 14.2 Å². The van der Waals surface area contributed by atoms with Crippen LogP contribution >= 0.6 is 0 Å². The summed E-state index contributed by atoms with van der Waals surface area (Å²) in [6.45, 7) is 6.81. The van der Waals surface area contributed by atoms with Crippen molar-refractivity contribution in [2.24, 2.45) is 11.7 Å². The van der Waals surface area contributed by atoms with Crippen LogP contribution in [0.4, 0.5) is 0 Å². The van der Waals surface area contributed by atoms with E-state index in [1.165, 1.54) is 25.7 Å². The topological polar surface area (TPSA) is 57.0 Å². The zero-order valence-electron chi connectivity index (χ0n) is 13.9. The summed E-state index contributed by atoms with van der Waals surface area (Å²) in [5.41, 5.74) is 5.75. The number of nitrogens with two attached hydrogens (primary N) is 1. The lowest BCUT2D eigenvalue weighted by Crippen LogP contribution is -2.29. The number of ether oxygens (including phenoxy) is 3. The summed E-state index contributed by atoms with van der Waals surface area (Å²) in [4.78, 5) is 2.39. The fraction of sp³-hybridized carbons (Fsp3) is 1.00. The molecular formula is C16H34N2O3. The molecule has 2 rings (SSSR count). The van der Waals surface area contributed by atoms with Gasteiger partial charge in [0.2, 0.25) is 0 Å². The van der Waals surface area contributed by atoms with Crippen LogP contribution in [0.25, 0.3) is 0 Å². The van der Waals surface area contributed by atoms with E-state index in [1.807, 2.05) is 0 Å². The van der Waals surface area contributed by atoms with Gasteiger partial charge < -0.3 is 19.9 Å². The molecule has 2 N–H and O–H groups in total. The second-order valence-corrected chi connectivity index (χ2v) is 6.04. The Labute approximate surface area is 130 Å². The Morgan fingerprint density at radius 2 is 1.81 bits per heavy atom. The van der Waals surface area contributed by atoms with E-state index < -0.39 is 0 Å². The number of hydrogen-bond donors (Lipinski definition) is 1. The number of rotatable bonds is 5. The second-order valence-electron chi connectivity index (χ2n) is 6.04. The third kappa shape index (κ3) is 9.42. The van der Waals surface area contributed by atoms with Gasteiger partial charge in [-0.15, -0.1) is 0 Å². The maximum atomic E-state index is 5.75. The van der Waals surface area contributed by atoms with Gasteiger partial charge in [0.15, 0.2) is 0 Å². The number of hydrogen-bond acceptors (Lipinski definition) is 5. The van der Waals surface area contributed by atoms with E-state index >= 15 is 0 Å². The van der Waals surface area contributed by atoms with Gasteiger partial charge in [-0.3, -0.25) is 4.90 Å². The van der Waals surface area contributed by atoms with Crippen molar-refractivity contribution in [2.75, 3.05) is 60.3 Å². The van der Waals surface area contributed by atoms with Crippen LogP contribution in [0.5, 0.6) is 0 Å². The molecule has 0 atom stereocenters. The van der Waals surface area contributed by atoms with Gasteiger partial charge in [-0.2, -0.15) is 0 Å². The van der Waals surface area contributed by atoms with Gasteiger partial charge in [-0.1, -0.05) is 0 Å². The van der Waals surface area contributed by atoms with Crippen LogP contribution < -0.4 is 5.73 Å². The molecule has 0 bridgehead atoms. The molecule has 1 aliphatic heterocycles. The van der Waals surface area contributed by atoms with Gasteiger partial charge in [0.05, 0.1) is 13.2 Å². The fourth-order valence-electron chi connectivity index (χ4n) is 2.83. The molecule has 0 aromatic carbocycles. The summed E-state index contributed by atoms with van der Waals surface area (Å²) in [6, 6.07) is 0.466. The average Bonchev–Trinajstić information content (AvgIpc) is 2.77. The highest BCUT2D eigenvalue weighted by Crippen LogP contribution is 2.22. The van der Waals surface area contributed by atoms with E-state index in [2.05, 4.69) is 4.90 Å². The minimum atomic E-state index is 0.466. The quantitative estimate of drug-likeness (QED) is 0.834. The van der Waals surface area contributed by atoms with Gasteiger partial charge in [-0.25, -0.2) is 0 Å². The van der Waals surface area contributed by atoms with Crippen LogP contribution in [-0.4, -0.2) is 71.2 Å². The predicted octanol–water partition coefficient (Wildman–Crippen LogP) is 1.51. The first kappa shape index (κ1) is 18.8. The summed E-state index contributed by atoms with van der Waals surface area (Å²) >= 11 is 0. The molecule has 2 fully saturated rings. The van der Waals surface area contributed by atoms with Crippen molar-refractivity contribution in [2.45, 2.75) is 38.1 Å². The molecule has 0 spiro atoms. The molecule has 2 aliphatic rings. The molecular weight excluding hydrogens is 268 g/mol. The smallest absolute Gasteiger partial charge is 0.0593 e. The van der Waals surface area contributed by atoms with Crippen LogP contribution in [0.3, 0.4) is 0 Å². The van der Waals surface area contributed by atoms with Crippen LogP contribution in [0.2, 0.25) is 0 Å². The Kier molecular flexibility index (Phi) is 11.1. The summed E-state index contributed by atoms with van der Waals surface area (Å²) < 4.78 is 15.4. The van der Waals surface area contributed by atoms with Crippen molar-refractivity contribution < 1.29 is 14.2 Å². The van der Waals surface area contributed by atoms with Gasteiger partial charge in [0.25, 0.3) is 0 Å². The van der Waals surface area contributed by atoms with E-state index in [0.29, 0.717) is 6.04 Å². The predicted molar refractivity (Wildman–Crippen MR) is 85.6 cm³/mol. The number of nitrogens with zero attached hydrogens (tertiary/aromatic N) is 1.